The van der Waals surface area contributed by atoms with Gasteiger partial charge in [0.1, 0.15) is 5.65 Å². The zero-order valence-electron chi connectivity index (χ0n) is 10.4. The molecule has 0 aliphatic carbocycles. The van der Waals surface area contributed by atoms with Gasteiger partial charge in [-0.15, -0.1) is 0 Å². The number of hydrogen-bond acceptors (Lipinski definition) is 3. The van der Waals surface area contributed by atoms with Gasteiger partial charge in [-0.2, -0.15) is 5.10 Å². The molecule has 3 aromatic heterocycles. The number of anilines is 1. The average Bonchev–Trinajstić information content (AvgIpc) is 3.00. The minimum Gasteiger partial charge on any atom is -0.384 e. The van der Waals surface area contributed by atoms with Crippen LogP contribution < -0.4 is 5.32 Å². The van der Waals surface area contributed by atoms with Crippen LogP contribution in [0.15, 0.2) is 24.8 Å². The van der Waals surface area contributed by atoms with Gasteiger partial charge >= 0.3 is 0 Å². The highest BCUT2D eigenvalue weighted by atomic mass is 15.1. The molecule has 0 fully saturated rings. The van der Waals surface area contributed by atoms with Gasteiger partial charge in [0.15, 0.2) is 0 Å². The lowest BCUT2D eigenvalue weighted by molar-refractivity contribution is 1.09. The molecule has 0 saturated heterocycles. The summed E-state index contributed by atoms with van der Waals surface area (Å²) >= 11 is 0. The van der Waals surface area contributed by atoms with Crippen molar-refractivity contribution in [1.29, 1.82) is 0 Å². The molecule has 0 amide bonds. The number of nitrogens with zero attached hydrogens (tertiary/aromatic N) is 2. The summed E-state index contributed by atoms with van der Waals surface area (Å²) in [5.41, 5.74) is 5.33. The molecule has 0 spiro atoms. The Morgan fingerprint density at radius 2 is 2.17 bits per heavy atom. The van der Waals surface area contributed by atoms with Crippen molar-refractivity contribution in [2.75, 3.05) is 11.9 Å². The van der Waals surface area contributed by atoms with E-state index in [1.807, 2.05) is 24.8 Å². The highest BCUT2D eigenvalue weighted by Gasteiger charge is 2.13. The number of pyridine rings is 1. The number of hydrogen-bond donors (Lipinski definition) is 3. The van der Waals surface area contributed by atoms with Crippen LogP contribution in [-0.2, 0) is 0 Å². The lowest BCUT2D eigenvalue weighted by Crippen LogP contribution is -2.00. The van der Waals surface area contributed by atoms with Gasteiger partial charge in [0, 0.05) is 41.6 Å². The number of aryl methyl sites for hydroxylation is 1. The molecule has 0 bridgehead atoms. The van der Waals surface area contributed by atoms with Gasteiger partial charge < -0.3 is 10.3 Å². The van der Waals surface area contributed by atoms with Crippen LogP contribution in [0.1, 0.15) is 12.5 Å². The number of aromatic nitrogens is 4. The molecule has 0 unspecified atom stereocenters. The Balaban J connectivity index is 2.31. The molecule has 0 radical (unpaired) electrons. The Labute approximate surface area is 105 Å². The fourth-order valence-corrected chi connectivity index (χ4v) is 2.23. The van der Waals surface area contributed by atoms with E-state index in [2.05, 4.69) is 39.3 Å². The summed E-state index contributed by atoms with van der Waals surface area (Å²) in [7, 11) is 0. The van der Waals surface area contributed by atoms with Gasteiger partial charge in [0.25, 0.3) is 0 Å². The van der Waals surface area contributed by atoms with Gasteiger partial charge in [0.2, 0.25) is 0 Å². The standard InChI is InChI=1S/C13H15N5/c1-3-14-12-10(9-5-17-18-6-9)7-16-13-11(12)8(2)4-15-13/h4-7H,3H2,1-2H3,(H,17,18)(H2,14,15,16). The maximum atomic E-state index is 4.46. The summed E-state index contributed by atoms with van der Waals surface area (Å²) < 4.78 is 0. The number of H-pyrrole nitrogens is 2. The zero-order chi connectivity index (χ0) is 12.5. The van der Waals surface area contributed by atoms with Crippen LogP contribution in [0, 0.1) is 6.92 Å². The first kappa shape index (κ1) is 10.8. The second-order valence-electron chi connectivity index (χ2n) is 4.26. The molecule has 3 N–H and O–H groups in total. The maximum absolute atomic E-state index is 4.46. The van der Waals surface area contributed by atoms with E-state index in [0.717, 1.165) is 34.4 Å². The monoisotopic (exact) mass is 241 g/mol. The van der Waals surface area contributed by atoms with Gasteiger partial charge in [0.05, 0.1) is 11.9 Å². The predicted molar refractivity (Wildman–Crippen MR) is 72.6 cm³/mol. The van der Waals surface area contributed by atoms with Crippen molar-refractivity contribution in [3.63, 3.8) is 0 Å². The molecule has 5 nitrogen and oxygen atoms in total. The van der Waals surface area contributed by atoms with Crippen LogP contribution in [-0.4, -0.2) is 26.7 Å². The molecule has 0 atom stereocenters. The van der Waals surface area contributed by atoms with Crippen LogP contribution in [0.25, 0.3) is 22.2 Å². The predicted octanol–water partition coefficient (Wildman–Crippen LogP) is 2.69. The Morgan fingerprint density at radius 1 is 1.28 bits per heavy atom. The van der Waals surface area contributed by atoms with E-state index in [0.29, 0.717) is 0 Å². The minimum atomic E-state index is 0.870. The summed E-state index contributed by atoms with van der Waals surface area (Å²) in [5.74, 6) is 0. The van der Waals surface area contributed by atoms with Gasteiger partial charge in [-0.25, -0.2) is 4.98 Å². The zero-order valence-corrected chi connectivity index (χ0v) is 10.4. The van der Waals surface area contributed by atoms with Crippen molar-refractivity contribution < 1.29 is 0 Å². The van der Waals surface area contributed by atoms with Crippen molar-refractivity contribution in [1.82, 2.24) is 20.2 Å². The Morgan fingerprint density at radius 3 is 2.89 bits per heavy atom. The van der Waals surface area contributed by atoms with Gasteiger partial charge in [-0.3, -0.25) is 5.10 Å². The summed E-state index contributed by atoms with van der Waals surface area (Å²) in [4.78, 5) is 7.65. The van der Waals surface area contributed by atoms with E-state index in [4.69, 9.17) is 0 Å². The third kappa shape index (κ3) is 1.55. The van der Waals surface area contributed by atoms with E-state index in [1.54, 1.807) is 0 Å². The van der Waals surface area contributed by atoms with E-state index >= 15 is 0 Å². The average molecular weight is 241 g/mol. The fraction of sp³-hybridized carbons (Fsp3) is 0.231. The molecule has 3 heterocycles. The molecule has 0 saturated carbocycles. The first-order valence-electron chi connectivity index (χ1n) is 6.01. The maximum Gasteiger partial charge on any atom is 0.139 e. The minimum absolute atomic E-state index is 0.870. The van der Waals surface area contributed by atoms with Gasteiger partial charge in [-0.05, 0) is 19.4 Å². The van der Waals surface area contributed by atoms with Crippen LogP contribution in [0.2, 0.25) is 0 Å². The van der Waals surface area contributed by atoms with Crippen molar-refractivity contribution in [2.45, 2.75) is 13.8 Å². The van der Waals surface area contributed by atoms with Gasteiger partial charge in [-0.1, -0.05) is 0 Å². The number of rotatable bonds is 3. The second-order valence-corrected chi connectivity index (χ2v) is 4.26. The lowest BCUT2D eigenvalue weighted by atomic mass is 10.1. The molecule has 0 aliphatic rings. The summed E-state index contributed by atoms with van der Waals surface area (Å²) in [6, 6.07) is 0. The topological polar surface area (TPSA) is 69.4 Å². The summed E-state index contributed by atoms with van der Waals surface area (Å²) in [6.07, 6.45) is 7.55. The third-order valence-electron chi connectivity index (χ3n) is 3.06. The van der Waals surface area contributed by atoms with Crippen LogP contribution >= 0.6 is 0 Å². The number of fused-ring (bicyclic) bond motifs is 1. The highest BCUT2D eigenvalue weighted by molar-refractivity contribution is 6.00. The quantitative estimate of drug-likeness (QED) is 0.660. The molecule has 3 rings (SSSR count). The third-order valence-corrected chi connectivity index (χ3v) is 3.06. The lowest BCUT2D eigenvalue weighted by Gasteiger charge is -2.11. The van der Waals surface area contributed by atoms with E-state index in [-0.39, 0.29) is 0 Å². The van der Waals surface area contributed by atoms with Crippen molar-refractivity contribution in [3.05, 3.63) is 30.4 Å². The molecule has 92 valence electrons. The van der Waals surface area contributed by atoms with E-state index in [1.165, 1.54) is 5.56 Å². The first-order chi connectivity index (χ1) is 8.81. The van der Waals surface area contributed by atoms with E-state index < -0.39 is 0 Å². The normalized spacial score (nSPS) is 11.0. The van der Waals surface area contributed by atoms with Crippen molar-refractivity contribution in [2.24, 2.45) is 0 Å². The first-order valence-corrected chi connectivity index (χ1v) is 6.01. The Bertz CT molecular complexity index is 666. The number of aromatic amines is 2. The Hall–Kier alpha value is -2.30. The smallest absolute Gasteiger partial charge is 0.139 e. The van der Waals surface area contributed by atoms with Crippen LogP contribution in [0.3, 0.4) is 0 Å². The summed E-state index contributed by atoms with van der Waals surface area (Å²) in [5, 5.41) is 11.4. The van der Waals surface area contributed by atoms with Crippen LogP contribution in [0.4, 0.5) is 5.69 Å². The fourth-order valence-electron chi connectivity index (χ4n) is 2.23. The van der Waals surface area contributed by atoms with Crippen molar-refractivity contribution >= 4 is 16.7 Å². The molecule has 18 heavy (non-hydrogen) atoms. The van der Waals surface area contributed by atoms with E-state index in [9.17, 15) is 0 Å². The molecule has 5 heteroatoms. The summed E-state index contributed by atoms with van der Waals surface area (Å²) in [6.45, 7) is 5.04. The largest absolute Gasteiger partial charge is 0.384 e. The second kappa shape index (κ2) is 4.18. The molecular weight excluding hydrogens is 226 g/mol. The number of nitrogens with one attached hydrogen (secondary N) is 3. The van der Waals surface area contributed by atoms with Crippen molar-refractivity contribution in [3.8, 4) is 11.1 Å². The SMILES string of the molecule is CCNc1c(-c2cn[nH]c2)cnc2[nH]cc(C)c12. The highest BCUT2D eigenvalue weighted by Crippen LogP contribution is 2.34. The molecular formula is C13H15N5. The Kier molecular flexibility index (Phi) is 2.51. The molecule has 0 aliphatic heterocycles. The van der Waals surface area contributed by atoms with Crippen LogP contribution in [0.5, 0.6) is 0 Å². The molecule has 3 aromatic rings. The molecule has 0 aromatic carbocycles.